The fourth-order valence-electron chi connectivity index (χ4n) is 2.69. The largest absolute Gasteiger partial charge is 0.493 e. The van der Waals surface area contributed by atoms with E-state index in [2.05, 4.69) is 14.1 Å². The average Bonchev–Trinajstić information content (AvgIpc) is 3.21. The number of carbonyl (C=O) groups excluding carboxylic acids is 2. The molecule has 0 unspecified atom stereocenters. The summed E-state index contributed by atoms with van der Waals surface area (Å²) in [6, 6.07) is 9.56. The fourth-order valence-corrected chi connectivity index (χ4v) is 3.24. The first kappa shape index (κ1) is 22.0. The van der Waals surface area contributed by atoms with Gasteiger partial charge in [0.15, 0.2) is 11.5 Å². The number of nitrogens with zero attached hydrogens (tertiary/aromatic N) is 2. The van der Waals surface area contributed by atoms with E-state index >= 15 is 0 Å². The zero-order valence-electron chi connectivity index (χ0n) is 17.4. The molecule has 0 spiro atoms. The highest BCUT2D eigenvalue weighted by atomic mass is 32.1. The number of hydrogen-bond donors (Lipinski definition) is 1. The van der Waals surface area contributed by atoms with E-state index in [0.29, 0.717) is 29.4 Å². The van der Waals surface area contributed by atoms with Crippen LogP contribution in [0.3, 0.4) is 0 Å². The average molecular weight is 443 g/mol. The van der Waals surface area contributed by atoms with Gasteiger partial charge < -0.3 is 24.3 Å². The highest BCUT2D eigenvalue weighted by Crippen LogP contribution is 2.34. The summed E-state index contributed by atoms with van der Waals surface area (Å²) in [5.41, 5.74) is 2.36. The number of amides is 1. The summed E-state index contributed by atoms with van der Waals surface area (Å²) in [5.74, 6) is 0.259. The zero-order valence-corrected chi connectivity index (χ0v) is 18.2. The topological polar surface area (TPSA) is 109 Å². The van der Waals surface area contributed by atoms with Gasteiger partial charge in [-0.25, -0.2) is 4.79 Å². The molecular weight excluding hydrogens is 422 g/mol. The predicted octanol–water partition coefficient (Wildman–Crippen LogP) is 3.48. The molecule has 1 N–H and O–H groups in total. The molecule has 2 aromatic carbocycles. The Morgan fingerprint density at radius 2 is 1.68 bits per heavy atom. The standard InChI is InChI=1S/C21H21N3O6S/c1-12-17(24-31-23-12)11-30-14-7-5-13(6-8-14)20(25)22-16-10-19(28-3)18(27-2)9-15(16)21(26)29-4/h5-10H,11H2,1-4H3,(H,22,25). The van der Waals surface area contributed by atoms with Gasteiger partial charge >= 0.3 is 5.97 Å². The van der Waals surface area contributed by atoms with Crippen molar-refractivity contribution in [1.29, 1.82) is 0 Å². The molecule has 0 fully saturated rings. The molecule has 0 radical (unpaired) electrons. The van der Waals surface area contributed by atoms with Crippen LogP contribution in [-0.2, 0) is 11.3 Å². The molecule has 1 heterocycles. The van der Waals surface area contributed by atoms with E-state index in [0.717, 1.165) is 23.1 Å². The van der Waals surface area contributed by atoms with Crippen LogP contribution in [0.25, 0.3) is 0 Å². The number of esters is 1. The number of benzene rings is 2. The Morgan fingerprint density at radius 3 is 2.26 bits per heavy atom. The molecule has 0 aliphatic heterocycles. The monoisotopic (exact) mass is 443 g/mol. The van der Waals surface area contributed by atoms with Crippen molar-refractivity contribution in [2.45, 2.75) is 13.5 Å². The van der Waals surface area contributed by atoms with Gasteiger partial charge in [0.1, 0.15) is 18.1 Å². The lowest BCUT2D eigenvalue weighted by Crippen LogP contribution is -2.16. The molecule has 1 aromatic heterocycles. The van der Waals surface area contributed by atoms with E-state index in [1.807, 2.05) is 6.92 Å². The molecule has 10 heteroatoms. The number of aryl methyl sites for hydroxylation is 1. The van der Waals surface area contributed by atoms with E-state index in [9.17, 15) is 9.59 Å². The summed E-state index contributed by atoms with van der Waals surface area (Å²) in [4.78, 5) is 24.9. The summed E-state index contributed by atoms with van der Waals surface area (Å²) < 4.78 is 29.2. The molecular formula is C21H21N3O6S. The quantitative estimate of drug-likeness (QED) is 0.527. The molecule has 3 aromatic rings. The molecule has 31 heavy (non-hydrogen) atoms. The molecule has 0 aliphatic carbocycles. The number of carbonyl (C=O) groups is 2. The normalized spacial score (nSPS) is 10.3. The molecule has 0 bridgehead atoms. The number of ether oxygens (including phenoxy) is 4. The van der Waals surface area contributed by atoms with E-state index in [-0.39, 0.29) is 11.3 Å². The molecule has 1 amide bonds. The first-order valence-corrected chi connectivity index (χ1v) is 9.86. The maximum absolute atomic E-state index is 12.7. The van der Waals surface area contributed by atoms with Crippen molar-refractivity contribution in [2.75, 3.05) is 26.6 Å². The predicted molar refractivity (Wildman–Crippen MR) is 114 cm³/mol. The van der Waals surface area contributed by atoms with E-state index in [1.165, 1.54) is 33.5 Å². The smallest absolute Gasteiger partial charge is 0.340 e. The van der Waals surface area contributed by atoms with E-state index in [4.69, 9.17) is 18.9 Å². The lowest BCUT2D eigenvalue weighted by molar-refractivity contribution is 0.0601. The van der Waals surface area contributed by atoms with Gasteiger partial charge in [-0.05, 0) is 31.2 Å². The summed E-state index contributed by atoms with van der Waals surface area (Å²) in [6.45, 7) is 2.16. The minimum absolute atomic E-state index is 0.140. The maximum Gasteiger partial charge on any atom is 0.340 e. The van der Waals surface area contributed by atoms with Gasteiger partial charge in [-0.1, -0.05) is 0 Å². The Labute approximate surface area is 183 Å². The van der Waals surface area contributed by atoms with Crippen LogP contribution in [0.4, 0.5) is 5.69 Å². The number of hydrogen-bond acceptors (Lipinski definition) is 9. The number of methoxy groups -OCH3 is 3. The van der Waals surface area contributed by atoms with Crippen LogP contribution in [0, 0.1) is 6.92 Å². The van der Waals surface area contributed by atoms with Crippen molar-refractivity contribution in [2.24, 2.45) is 0 Å². The molecule has 0 aliphatic rings. The van der Waals surface area contributed by atoms with Gasteiger partial charge in [0.05, 0.1) is 50.0 Å². The van der Waals surface area contributed by atoms with Crippen LogP contribution in [0.1, 0.15) is 32.1 Å². The third kappa shape index (κ3) is 5.10. The second-order valence-corrected chi connectivity index (χ2v) is 6.84. The number of rotatable bonds is 8. The molecule has 162 valence electrons. The molecule has 0 saturated heterocycles. The Morgan fingerprint density at radius 1 is 1.00 bits per heavy atom. The van der Waals surface area contributed by atoms with Crippen LogP contribution in [0.5, 0.6) is 17.2 Å². The summed E-state index contributed by atoms with van der Waals surface area (Å²) in [5, 5.41) is 2.72. The summed E-state index contributed by atoms with van der Waals surface area (Å²) in [6.07, 6.45) is 0. The Hall–Kier alpha value is -3.66. The Bertz CT molecular complexity index is 1080. The highest BCUT2D eigenvalue weighted by Gasteiger charge is 2.19. The van der Waals surface area contributed by atoms with Gasteiger partial charge in [-0.15, -0.1) is 0 Å². The fraction of sp³-hybridized carbons (Fsp3) is 0.238. The summed E-state index contributed by atoms with van der Waals surface area (Å²) in [7, 11) is 4.17. The lowest BCUT2D eigenvalue weighted by atomic mass is 10.1. The van der Waals surface area contributed by atoms with Gasteiger partial charge in [0, 0.05) is 17.7 Å². The summed E-state index contributed by atoms with van der Waals surface area (Å²) >= 11 is 1.14. The first-order chi connectivity index (χ1) is 15.0. The van der Waals surface area contributed by atoms with Gasteiger partial charge in [-0.3, -0.25) is 4.79 Å². The van der Waals surface area contributed by atoms with Crippen molar-refractivity contribution >= 4 is 29.3 Å². The molecule has 0 saturated carbocycles. The van der Waals surface area contributed by atoms with Crippen LogP contribution < -0.4 is 19.5 Å². The van der Waals surface area contributed by atoms with E-state index < -0.39 is 11.9 Å². The zero-order chi connectivity index (χ0) is 22.4. The number of anilines is 1. The van der Waals surface area contributed by atoms with Crippen molar-refractivity contribution in [3.63, 3.8) is 0 Å². The first-order valence-electron chi connectivity index (χ1n) is 9.13. The molecule has 0 atom stereocenters. The van der Waals surface area contributed by atoms with E-state index in [1.54, 1.807) is 24.3 Å². The Kier molecular flexibility index (Phi) is 7.03. The van der Waals surface area contributed by atoms with Crippen LogP contribution in [0.15, 0.2) is 36.4 Å². The minimum Gasteiger partial charge on any atom is -0.493 e. The van der Waals surface area contributed by atoms with Crippen molar-refractivity contribution in [1.82, 2.24) is 8.75 Å². The van der Waals surface area contributed by atoms with Gasteiger partial charge in [0.2, 0.25) is 0 Å². The molecule has 3 rings (SSSR count). The van der Waals surface area contributed by atoms with Crippen LogP contribution >= 0.6 is 11.7 Å². The van der Waals surface area contributed by atoms with Gasteiger partial charge in [0.25, 0.3) is 5.91 Å². The SMILES string of the molecule is COC(=O)c1cc(OC)c(OC)cc1NC(=O)c1ccc(OCc2nsnc2C)cc1. The van der Waals surface area contributed by atoms with Crippen LogP contribution in [0.2, 0.25) is 0 Å². The van der Waals surface area contributed by atoms with Crippen molar-refractivity contribution < 1.29 is 28.5 Å². The van der Waals surface area contributed by atoms with Crippen molar-refractivity contribution in [3.05, 3.63) is 58.9 Å². The molecule has 9 nitrogen and oxygen atoms in total. The lowest BCUT2D eigenvalue weighted by Gasteiger charge is -2.15. The third-order valence-corrected chi connectivity index (χ3v) is 5.07. The van der Waals surface area contributed by atoms with Crippen molar-refractivity contribution in [3.8, 4) is 17.2 Å². The number of nitrogens with one attached hydrogen (secondary N) is 1. The highest BCUT2D eigenvalue weighted by molar-refractivity contribution is 6.99. The van der Waals surface area contributed by atoms with Gasteiger partial charge in [-0.2, -0.15) is 8.75 Å². The number of aromatic nitrogens is 2. The Balaban J connectivity index is 1.76. The minimum atomic E-state index is -0.619. The second-order valence-electron chi connectivity index (χ2n) is 6.31. The maximum atomic E-state index is 12.7. The third-order valence-electron chi connectivity index (χ3n) is 4.42. The second kappa shape index (κ2) is 9.90. The van der Waals surface area contributed by atoms with Crippen LogP contribution in [-0.4, -0.2) is 42.0 Å².